The van der Waals surface area contributed by atoms with Crippen LogP contribution >= 0.6 is 0 Å². The third kappa shape index (κ3) is 5.03. The van der Waals surface area contributed by atoms with Gasteiger partial charge in [0.1, 0.15) is 29.7 Å². The molecule has 1 amide bonds. The number of aromatic nitrogens is 6. The lowest BCUT2D eigenvalue weighted by atomic mass is 10.1. The summed E-state index contributed by atoms with van der Waals surface area (Å²) in [5.41, 5.74) is 5.19. The summed E-state index contributed by atoms with van der Waals surface area (Å²) in [5, 5.41) is 12.1. The number of carbonyl (C=O) groups excluding carboxylic acids is 1. The van der Waals surface area contributed by atoms with E-state index < -0.39 is 0 Å². The van der Waals surface area contributed by atoms with Gasteiger partial charge in [-0.1, -0.05) is 6.58 Å². The van der Waals surface area contributed by atoms with Crippen LogP contribution in [0.5, 0.6) is 11.5 Å². The number of piperazine rings is 1. The molecule has 0 radical (unpaired) electrons. The van der Waals surface area contributed by atoms with Gasteiger partial charge in [-0.2, -0.15) is 10.2 Å². The van der Waals surface area contributed by atoms with E-state index in [9.17, 15) is 4.79 Å². The minimum absolute atomic E-state index is 0.0788. The second-order valence-electron chi connectivity index (χ2n) is 11.6. The smallest absolute Gasteiger partial charge is 0.251 e. The van der Waals surface area contributed by atoms with Crippen LogP contribution in [-0.2, 0) is 4.79 Å². The first-order valence-corrected chi connectivity index (χ1v) is 14.4. The summed E-state index contributed by atoms with van der Waals surface area (Å²) in [6.45, 7) is 8.19. The molecule has 7 rings (SSSR count). The van der Waals surface area contributed by atoms with Crippen molar-refractivity contribution < 1.29 is 9.53 Å². The lowest BCUT2D eigenvalue weighted by Crippen LogP contribution is -2.56. The van der Waals surface area contributed by atoms with E-state index in [1.54, 1.807) is 10.8 Å². The summed E-state index contributed by atoms with van der Waals surface area (Å²) in [7, 11) is 3.92. The van der Waals surface area contributed by atoms with Gasteiger partial charge in [-0.15, -0.1) is 0 Å². The van der Waals surface area contributed by atoms with Crippen molar-refractivity contribution in [3.63, 3.8) is 0 Å². The molecule has 5 aromatic rings. The summed E-state index contributed by atoms with van der Waals surface area (Å²) < 4.78 is 9.70. The Balaban J connectivity index is 1.10. The third-order valence-electron chi connectivity index (χ3n) is 8.22. The molecule has 12 heteroatoms. The molecule has 0 saturated carbocycles. The standard InChI is InChI=1S/C31H34N10O2/c1-20-13-22(5-8-27(20)43-25-9-11-39-28(14-25)32-18-34-39)36-30-29-26(10-12-40(29)35-19-33-30)38-16-23-6-7-24(17-38)41(23)31(42)21(2)15-37(3)4/h5,8-14,18-19,23-24H,2,6-7,15-17H2,1,3-4H3,(H,33,35,36). The highest BCUT2D eigenvalue weighted by Gasteiger charge is 2.43. The van der Waals surface area contributed by atoms with Crippen LogP contribution in [0.1, 0.15) is 18.4 Å². The summed E-state index contributed by atoms with van der Waals surface area (Å²) in [6, 6.07) is 12.1. The number of nitrogens with one attached hydrogen (secondary N) is 1. The highest BCUT2D eigenvalue weighted by Crippen LogP contribution is 2.37. The minimum Gasteiger partial charge on any atom is -0.457 e. The van der Waals surface area contributed by atoms with E-state index in [2.05, 4.69) is 47.9 Å². The van der Waals surface area contributed by atoms with Gasteiger partial charge >= 0.3 is 0 Å². The topological polar surface area (TPSA) is 108 Å². The fourth-order valence-corrected chi connectivity index (χ4v) is 6.31. The van der Waals surface area contributed by atoms with Gasteiger partial charge in [-0.25, -0.2) is 19.0 Å². The number of hydrogen-bond acceptors (Lipinski definition) is 9. The molecular weight excluding hydrogens is 544 g/mol. The Bertz CT molecular complexity index is 1830. The van der Waals surface area contributed by atoms with Crippen LogP contribution < -0.4 is 15.0 Å². The van der Waals surface area contributed by atoms with Crippen LogP contribution in [0.3, 0.4) is 0 Å². The molecular formula is C31H34N10O2. The Morgan fingerprint density at radius 1 is 1.02 bits per heavy atom. The van der Waals surface area contributed by atoms with E-state index in [-0.39, 0.29) is 18.0 Å². The molecule has 2 saturated heterocycles. The number of amides is 1. The molecule has 1 aromatic carbocycles. The van der Waals surface area contributed by atoms with Crippen molar-refractivity contribution in [1.29, 1.82) is 0 Å². The van der Waals surface area contributed by atoms with Crippen LogP contribution in [0.4, 0.5) is 17.2 Å². The molecule has 220 valence electrons. The van der Waals surface area contributed by atoms with Gasteiger partial charge in [0, 0.05) is 61.4 Å². The van der Waals surface area contributed by atoms with Gasteiger partial charge in [-0.3, -0.25) is 4.79 Å². The zero-order valence-corrected chi connectivity index (χ0v) is 24.5. The lowest BCUT2D eigenvalue weighted by molar-refractivity contribution is -0.130. The Hall–Kier alpha value is -4.97. The number of benzene rings is 1. The van der Waals surface area contributed by atoms with E-state index in [0.29, 0.717) is 23.7 Å². The maximum Gasteiger partial charge on any atom is 0.251 e. The van der Waals surface area contributed by atoms with Crippen LogP contribution in [0, 0.1) is 6.92 Å². The zero-order valence-electron chi connectivity index (χ0n) is 24.5. The molecule has 43 heavy (non-hydrogen) atoms. The number of rotatable bonds is 8. The number of pyridine rings is 1. The zero-order chi connectivity index (χ0) is 29.7. The normalized spacial score (nSPS) is 18.1. The Labute approximate surface area is 249 Å². The summed E-state index contributed by atoms with van der Waals surface area (Å²) in [4.78, 5) is 28.6. The number of fused-ring (bicyclic) bond motifs is 4. The van der Waals surface area contributed by atoms with Crippen molar-refractivity contribution in [3.05, 3.63) is 79.2 Å². The molecule has 1 N–H and O–H groups in total. The van der Waals surface area contributed by atoms with Crippen molar-refractivity contribution >= 4 is 34.3 Å². The fourth-order valence-electron chi connectivity index (χ4n) is 6.31. The molecule has 2 bridgehead atoms. The Morgan fingerprint density at radius 3 is 2.53 bits per heavy atom. The number of hydrogen-bond donors (Lipinski definition) is 1. The molecule has 12 nitrogen and oxygen atoms in total. The van der Waals surface area contributed by atoms with Crippen molar-refractivity contribution in [2.45, 2.75) is 31.8 Å². The maximum atomic E-state index is 13.3. The molecule has 4 aromatic heterocycles. The van der Waals surface area contributed by atoms with Crippen molar-refractivity contribution in [1.82, 2.24) is 39.0 Å². The van der Waals surface area contributed by atoms with Crippen molar-refractivity contribution in [2.24, 2.45) is 0 Å². The van der Waals surface area contributed by atoms with E-state index >= 15 is 0 Å². The van der Waals surface area contributed by atoms with Gasteiger partial charge < -0.3 is 24.8 Å². The predicted octanol–water partition coefficient (Wildman–Crippen LogP) is 3.91. The highest BCUT2D eigenvalue weighted by atomic mass is 16.5. The number of nitrogens with zero attached hydrogens (tertiary/aromatic N) is 9. The second-order valence-corrected chi connectivity index (χ2v) is 11.6. The molecule has 0 spiro atoms. The van der Waals surface area contributed by atoms with E-state index in [0.717, 1.165) is 59.8 Å². The van der Waals surface area contributed by atoms with Gasteiger partial charge in [0.25, 0.3) is 5.91 Å². The van der Waals surface area contributed by atoms with Crippen LogP contribution in [0.25, 0.3) is 11.2 Å². The summed E-state index contributed by atoms with van der Waals surface area (Å²) in [6.07, 6.45) is 8.85. The molecule has 6 heterocycles. The summed E-state index contributed by atoms with van der Waals surface area (Å²) in [5.74, 6) is 2.24. The fraction of sp³-hybridized carbons (Fsp3) is 0.323. The second kappa shape index (κ2) is 10.7. The van der Waals surface area contributed by atoms with Crippen molar-refractivity contribution in [3.8, 4) is 11.5 Å². The third-order valence-corrected chi connectivity index (χ3v) is 8.22. The van der Waals surface area contributed by atoms with E-state index in [1.165, 1.54) is 6.33 Å². The van der Waals surface area contributed by atoms with Gasteiger partial charge in [0.05, 0.1) is 5.69 Å². The Kier molecular flexibility index (Phi) is 6.69. The van der Waals surface area contributed by atoms with E-state index in [1.807, 2.05) is 73.2 Å². The van der Waals surface area contributed by atoms with Crippen LogP contribution in [0.15, 0.2) is 73.6 Å². The number of ether oxygens (including phenoxy) is 1. The average molecular weight is 579 g/mol. The SMILES string of the molecule is C=C(CN(C)C)C(=O)N1C2CCC1CN(c1ccn3ncnc(Nc4ccc(Oc5ccn6ncnc6c5)c(C)c4)c13)C2. The largest absolute Gasteiger partial charge is 0.457 e. The molecule has 2 aliphatic rings. The van der Waals surface area contributed by atoms with Crippen LogP contribution in [0.2, 0.25) is 0 Å². The number of likely N-dealkylation sites (N-methyl/N-ethyl adjacent to an activating group) is 1. The Morgan fingerprint density at radius 2 is 1.77 bits per heavy atom. The minimum atomic E-state index is 0.0788. The molecule has 2 fully saturated rings. The average Bonchev–Trinajstić information content (AvgIpc) is 3.70. The van der Waals surface area contributed by atoms with Gasteiger partial charge in [0.2, 0.25) is 0 Å². The number of aryl methyl sites for hydroxylation is 1. The number of carbonyl (C=O) groups is 1. The van der Waals surface area contributed by atoms with Crippen LogP contribution in [-0.4, -0.2) is 90.7 Å². The monoisotopic (exact) mass is 578 g/mol. The highest BCUT2D eigenvalue weighted by molar-refractivity contribution is 5.94. The van der Waals surface area contributed by atoms with Crippen molar-refractivity contribution in [2.75, 3.05) is 43.9 Å². The molecule has 2 unspecified atom stereocenters. The van der Waals surface area contributed by atoms with Gasteiger partial charge in [-0.05, 0) is 69.8 Å². The first-order chi connectivity index (χ1) is 20.8. The predicted molar refractivity (Wildman–Crippen MR) is 164 cm³/mol. The van der Waals surface area contributed by atoms with E-state index in [4.69, 9.17) is 4.74 Å². The number of anilines is 3. The first kappa shape index (κ1) is 26.9. The molecule has 0 aliphatic carbocycles. The summed E-state index contributed by atoms with van der Waals surface area (Å²) >= 11 is 0. The quantitative estimate of drug-likeness (QED) is 0.274. The maximum absolute atomic E-state index is 13.3. The van der Waals surface area contributed by atoms with Gasteiger partial charge in [0.15, 0.2) is 11.5 Å². The molecule has 2 aliphatic heterocycles. The molecule has 2 atom stereocenters. The first-order valence-electron chi connectivity index (χ1n) is 14.4. The lowest BCUT2D eigenvalue weighted by Gasteiger charge is -2.42.